The molecule has 1 rings (SSSR count). The van der Waals surface area contributed by atoms with E-state index in [-0.39, 0.29) is 6.10 Å². The van der Waals surface area contributed by atoms with E-state index in [0.717, 1.165) is 5.56 Å². The van der Waals surface area contributed by atoms with Crippen LogP contribution in [0.3, 0.4) is 0 Å². The van der Waals surface area contributed by atoms with Crippen molar-refractivity contribution >= 4 is 17.9 Å². The van der Waals surface area contributed by atoms with E-state index in [9.17, 15) is 4.79 Å². The molecule has 1 N–H and O–H groups in total. The molecule has 1 aromatic rings. The number of hydrogen-bond acceptors (Lipinski definition) is 2. The smallest absolute Gasteiger partial charge is 0.411 e. The van der Waals surface area contributed by atoms with Crippen LogP contribution in [0.15, 0.2) is 30.8 Å². The van der Waals surface area contributed by atoms with Crippen molar-refractivity contribution in [2.45, 2.75) is 20.0 Å². The van der Waals surface area contributed by atoms with Crippen molar-refractivity contribution < 1.29 is 9.53 Å². The zero-order valence-electron chi connectivity index (χ0n) is 8.99. The van der Waals surface area contributed by atoms with Gasteiger partial charge in [0.25, 0.3) is 0 Å². The molecule has 0 fully saturated rings. The second-order valence-electron chi connectivity index (χ2n) is 3.41. The number of hydrogen-bond donors (Lipinski definition) is 1. The maximum Gasteiger partial charge on any atom is 0.411 e. The molecule has 0 radical (unpaired) electrons. The third-order valence-corrected chi connectivity index (χ3v) is 1.71. The molecule has 0 spiro atoms. The third kappa shape index (κ3) is 3.85. The number of benzene rings is 1. The second kappa shape index (κ2) is 5.20. The molecule has 80 valence electrons. The Morgan fingerprint density at radius 3 is 2.87 bits per heavy atom. The first-order valence-electron chi connectivity index (χ1n) is 4.82. The van der Waals surface area contributed by atoms with Crippen molar-refractivity contribution in [3.63, 3.8) is 0 Å². The number of anilines is 1. The molecule has 1 amide bonds. The van der Waals surface area contributed by atoms with Gasteiger partial charge in [-0.3, -0.25) is 5.32 Å². The molecule has 0 aliphatic rings. The molecule has 0 saturated heterocycles. The number of carbonyl (C=O) groups is 1. The summed E-state index contributed by atoms with van der Waals surface area (Å²) in [6, 6.07) is 7.39. The highest BCUT2D eigenvalue weighted by atomic mass is 16.6. The average molecular weight is 205 g/mol. The van der Waals surface area contributed by atoms with Crippen molar-refractivity contribution in [1.29, 1.82) is 0 Å². The van der Waals surface area contributed by atoms with Gasteiger partial charge in [-0.15, -0.1) is 0 Å². The fourth-order valence-corrected chi connectivity index (χ4v) is 1.10. The van der Waals surface area contributed by atoms with E-state index in [1.54, 1.807) is 26.0 Å². The van der Waals surface area contributed by atoms with Gasteiger partial charge in [0.1, 0.15) is 0 Å². The van der Waals surface area contributed by atoms with Crippen LogP contribution < -0.4 is 5.32 Å². The van der Waals surface area contributed by atoms with Gasteiger partial charge in [-0.25, -0.2) is 4.79 Å². The summed E-state index contributed by atoms with van der Waals surface area (Å²) in [5, 5.41) is 2.64. The molecule has 0 aliphatic heterocycles. The quantitative estimate of drug-likeness (QED) is 0.822. The van der Waals surface area contributed by atoms with E-state index in [0.29, 0.717) is 5.69 Å². The van der Waals surface area contributed by atoms with E-state index >= 15 is 0 Å². The molecule has 0 unspecified atom stereocenters. The van der Waals surface area contributed by atoms with E-state index in [2.05, 4.69) is 11.9 Å². The van der Waals surface area contributed by atoms with Gasteiger partial charge < -0.3 is 4.74 Å². The van der Waals surface area contributed by atoms with Crippen LogP contribution in [0.1, 0.15) is 19.4 Å². The second-order valence-corrected chi connectivity index (χ2v) is 3.41. The summed E-state index contributed by atoms with van der Waals surface area (Å²) in [6.07, 6.45) is 1.16. The molecular formula is C12H15NO2. The Morgan fingerprint density at radius 1 is 1.53 bits per heavy atom. The minimum atomic E-state index is -0.439. The lowest BCUT2D eigenvalue weighted by atomic mass is 10.2. The molecule has 3 heteroatoms. The highest BCUT2D eigenvalue weighted by Crippen LogP contribution is 2.11. The van der Waals surface area contributed by atoms with E-state index in [4.69, 9.17) is 4.74 Å². The summed E-state index contributed by atoms with van der Waals surface area (Å²) >= 11 is 0. The van der Waals surface area contributed by atoms with Gasteiger partial charge in [-0.1, -0.05) is 24.8 Å². The molecule has 3 nitrogen and oxygen atoms in total. The predicted octanol–water partition coefficient (Wildman–Crippen LogP) is 3.29. The number of amides is 1. The standard InChI is InChI=1S/C12H15NO2/c1-4-10-6-5-7-11(8-10)13-12(14)15-9(2)3/h4-9H,1H2,2-3H3,(H,13,14). The lowest BCUT2D eigenvalue weighted by Gasteiger charge is -2.09. The average Bonchev–Trinajstić information content (AvgIpc) is 2.16. The summed E-state index contributed by atoms with van der Waals surface area (Å²) in [5.41, 5.74) is 1.66. The largest absolute Gasteiger partial charge is 0.447 e. The van der Waals surface area contributed by atoms with Crippen LogP contribution in [0.5, 0.6) is 0 Å². The van der Waals surface area contributed by atoms with Crippen molar-refractivity contribution in [1.82, 2.24) is 0 Å². The molecule has 0 bridgehead atoms. The Labute approximate surface area is 89.8 Å². The maximum atomic E-state index is 11.3. The van der Waals surface area contributed by atoms with E-state index in [1.807, 2.05) is 18.2 Å². The summed E-state index contributed by atoms with van der Waals surface area (Å²) < 4.78 is 4.95. The van der Waals surface area contributed by atoms with E-state index < -0.39 is 6.09 Å². The van der Waals surface area contributed by atoms with Gasteiger partial charge in [0.2, 0.25) is 0 Å². The van der Waals surface area contributed by atoms with Crippen LogP contribution >= 0.6 is 0 Å². The van der Waals surface area contributed by atoms with Gasteiger partial charge in [0, 0.05) is 5.69 Å². The normalized spacial score (nSPS) is 9.80. The van der Waals surface area contributed by atoms with Gasteiger partial charge in [-0.2, -0.15) is 0 Å². The van der Waals surface area contributed by atoms with Crippen LogP contribution in [0, 0.1) is 0 Å². The van der Waals surface area contributed by atoms with Crippen molar-refractivity contribution in [2.24, 2.45) is 0 Å². The van der Waals surface area contributed by atoms with Crippen LogP contribution in [-0.4, -0.2) is 12.2 Å². The van der Waals surface area contributed by atoms with Crippen LogP contribution in [0.2, 0.25) is 0 Å². The summed E-state index contributed by atoms with van der Waals surface area (Å²) in [4.78, 5) is 11.3. The fourth-order valence-electron chi connectivity index (χ4n) is 1.10. The molecule has 0 heterocycles. The van der Waals surface area contributed by atoms with Gasteiger partial charge in [-0.05, 0) is 31.5 Å². The maximum absolute atomic E-state index is 11.3. The zero-order valence-corrected chi connectivity index (χ0v) is 8.99. The molecule has 0 atom stereocenters. The van der Waals surface area contributed by atoms with Gasteiger partial charge >= 0.3 is 6.09 Å². The Balaban J connectivity index is 2.64. The first-order valence-corrected chi connectivity index (χ1v) is 4.82. The Kier molecular flexibility index (Phi) is 3.92. The zero-order chi connectivity index (χ0) is 11.3. The molecule has 0 aliphatic carbocycles. The number of nitrogens with one attached hydrogen (secondary N) is 1. The van der Waals surface area contributed by atoms with Crippen molar-refractivity contribution in [3.8, 4) is 0 Å². The van der Waals surface area contributed by atoms with Gasteiger partial charge in [0.05, 0.1) is 6.10 Å². The highest BCUT2D eigenvalue weighted by molar-refractivity contribution is 5.85. The minimum absolute atomic E-state index is 0.118. The van der Waals surface area contributed by atoms with E-state index in [1.165, 1.54) is 0 Å². The minimum Gasteiger partial charge on any atom is -0.447 e. The van der Waals surface area contributed by atoms with Crippen LogP contribution in [-0.2, 0) is 4.74 Å². The Morgan fingerprint density at radius 2 is 2.27 bits per heavy atom. The first kappa shape index (κ1) is 11.3. The topological polar surface area (TPSA) is 38.3 Å². The van der Waals surface area contributed by atoms with Crippen molar-refractivity contribution in [3.05, 3.63) is 36.4 Å². The van der Waals surface area contributed by atoms with Gasteiger partial charge in [0.15, 0.2) is 0 Å². The first-order chi connectivity index (χ1) is 7.11. The number of carbonyl (C=O) groups excluding carboxylic acids is 1. The molecule has 15 heavy (non-hydrogen) atoms. The lowest BCUT2D eigenvalue weighted by molar-refractivity contribution is 0.130. The van der Waals surface area contributed by atoms with Crippen LogP contribution in [0.25, 0.3) is 6.08 Å². The molecule has 1 aromatic carbocycles. The number of rotatable bonds is 3. The Bertz CT molecular complexity index is 358. The summed E-state index contributed by atoms with van der Waals surface area (Å²) in [5.74, 6) is 0. The SMILES string of the molecule is C=Cc1cccc(NC(=O)OC(C)C)c1. The Hall–Kier alpha value is -1.77. The summed E-state index contributed by atoms with van der Waals surface area (Å²) in [7, 11) is 0. The molecular weight excluding hydrogens is 190 g/mol. The predicted molar refractivity (Wildman–Crippen MR) is 61.8 cm³/mol. The highest BCUT2D eigenvalue weighted by Gasteiger charge is 2.04. The lowest BCUT2D eigenvalue weighted by Crippen LogP contribution is -2.17. The number of ether oxygens (including phenoxy) is 1. The summed E-state index contributed by atoms with van der Waals surface area (Å²) in [6.45, 7) is 7.27. The molecule has 0 saturated carbocycles. The van der Waals surface area contributed by atoms with Crippen LogP contribution in [0.4, 0.5) is 10.5 Å². The monoisotopic (exact) mass is 205 g/mol. The van der Waals surface area contributed by atoms with Crippen molar-refractivity contribution in [2.75, 3.05) is 5.32 Å². The molecule has 0 aromatic heterocycles. The fraction of sp³-hybridized carbons (Fsp3) is 0.250. The third-order valence-electron chi connectivity index (χ3n) is 1.71.